The van der Waals surface area contributed by atoms with Crippen LogP contribution >= 0.6 is 11.8 Å². The Morgan fingerprint density at radius 3 is 2.52 bits per heavy atom. The quantitative estimate of drug-likeness (QED) is 0.418. The molecule has 0 fully saturated rings. The van der Waals surface area contributed by atoms with Crippen molar-refractivity contribution in [3.63, 3.8) is 0 Å². The topological polar surface area (TPSA) is 24.4 Å². The number of alkyl halides is 3. The van der Waals surface area contributed by atoms with E-state index >= 15 is 0 Å². The van der Waals surface area contributed by atoms with Crippen LogP contribution in [0.4, 0.5) is 18.9 Å². The first-order valence-electron chi connectivity index (χ1n) is 7.18. The summed E-state index contributed by atoms with van der Waals surface area (Å²) in [5.41, 5.74) is 3.10. The molecule has 0 amide bonds. The molecule has 0 aromatic heterocycles. The van der Waals surface area contributed by atoms with Crippen LogP contribution < -0.4 is 5.43 Å². The monoisotopic (exact) mass is 338 g/mol. The highest BCUT2D eigenvalue weighted by atomic mass is 32.2. The molecule has 0 bridgehead atoms. The number of hydrogen-bond donors (Lipinski definition) is 1. The minimum atomic E-state index is -4.35. The standard InChI is InChI=1S/C17H17F3N2S/c1-2-10-23-16-8-6-13(7-9-16)12-21-22-15-5-3-4-14(11-15)17(18,19)20/h3-9,11-12,22H,2,10H2,1H3. The Kier molecular flexibility index (Phi) is 6.10. The largest absolute Gasteiger partial charge is 0.416 e. The second-order valence-corrected chi connectivity index (χ2v) is 6.03. The highest BCUT2D eigenvalue weighted by Crippen LogP contribution is 2.30. The Balaban J connectivity index is 1.96. The Hall–Kier alpha value is -1.95. The van der Waals surface area contributed by atoms with Gasteiger partial charge in [0.25, 0.3) is 0 Å². The molecule has 0 heterocycles. The fraction of sp³-hybridized carbons (Fsp3) is 0.235. The van der Waals surface area contributed by atoms with E-state index in [4.69, 9.17) is 0 Å². The van der Waals surface area contributed by atoms with Gasteiger partial charge in [-0.1, -0.05) is 25.1 Å². The van der Waals surface area contributed by atoms with Crippen molar-refractivity contribution >= 4 is 23.7 Å². The molecular weight excluding hydrogens is 321 g/mol. The van der Waals surface area contributed by atoms with Crippen LogP contribution in [0.1, 0.15) is 24.5 Å². The predicted molar refractivity (Wildman–Crippen MR) is 90.1 cm³/mol. The van der Waals surface area contributed by atoms with Gasteiger partial charge in [-0.05, 0) is 48.1 Å². The summed E-state index contributed by atoms with van der Waals surface area (Å²) in [5, 5.41) is 3.98. The SMILES string of the molecule is CCCSc1ccc(C=NNc2cccc(C(F)(F)F)c2)cc1. The molecule has 2 nitrogen and oxygen atoms in total. The van der Waals surface area contributed by atoms with Gasteiger partial charge in [0.2, 0.25) is 0 Å². The average Bonchev–Trinajstić information content (AvgIpc) is 2.54. The molecule has 0 atom stereocenters. The van der Waals surface area contributed by atoms with Gasteiger partial charge >= 0.3 is 6.18 Å². The molecule has 6 heteroatoms. The summed E-state index contributed by atoms with van der Waals surface area (Å²) in [6.45, 7) is 2.13. The van der Waals surface area contributed by atoms with Gasteiger partial charge in [0.05, 0.1) is 17.5 Å². The molecule has 2 rings (SSSR count). The third-order valence-corrected chi connectivity index (χ3v) is 4.17. The lowest BCUT2D eigenvalue weighted by atomic mass is 10.2. The van der Waals surface area contributed by atoms with E-state index in [0.29, 0.717) is 5.69 Å². The summed E-state index contributed by atoms with van der Waals surface area (Å²) in [4.78, 5) is 1.19. The molecular formula is C17H17F3N2S. The molecule has 1 N–H and O–H groups in total. The van der Waals surface area contributed by atoms with E-state index in [1.807, 2.05) is 24.3 Å². The van der Waals surface area contributed by atoms with Crippen molar-refractivity contribution in [3.8, 4) is 0 Å². The Bertz CT molecular complexity index is 652. The van der Waals surface area contributed by atoms with E-state index in [0.717, 1.165) is 29.9 Å². The van der Waals surface area contributed by atoms with E-state index in [2.05, 4.69) is 17.5 Å². The summed E-state index contributed by atoms with van der Waals surface area (Å²) in [5.74, 6) is 1.07. The van der Waals surface area contributed by atoms with Gasteiger partial charge in [-0.2, -0.15) is 18.3 Å². The van der Waals surface area contributed by atoms with Crippen molar-refractivity contribution in [2.45, 2.75) is 24.4 Å². The maximum Gasteiger partial charge on any atom is 0.416 e. The maximum atomic E-state index is 12.6. The number of nitrogens with one attached hydrogen (secondary N) is 1. The molecule has 2 aromatic carbocycles. The number of anilines is 1. The second-order valence-electron chi connectivity index (χ2n) is 4.87. The third kappa shape index (κ3) is 5.63. The summed E-state index contributed by atoms with van der Waals surface area (Å²) in [7, 11) is 0. The minimum absolute atomic E-state index is 0.297. The van der Waals surface area contributed by atoms with Crippen LogP contribution in [0.5, 0.6) is 0 Å². The van der Waals surface area contributed by atoms with E-state index in [1.165, 1.54) is 17.0 Å². The summed E-state index contributed by atoms with van der Waals surface area (Å²) in [6.07, 6.45) is -1.66. The molecule has 122 valence electrons. The molecule has 0 aliphatic rings. The fourth-order valence-electron chi connectivity index (χ4n) is 1.82. The van der Waals surface area contributed by atoms with Gasteiger partial charge in [-0.25, -0.2) is 0 Å². The van der Waals surface area contributed by atoms with Crippen LogP contribution in [0.15, 0.2) is 58.5 Å². The highest BCUT2D eigenvalue weighted by molar-refractivity contribution is 7.99. The van der Waals surface area contributed by atoms with Crippen molar-refractivity contribution in [1.82, 2.24) is 0 Å². The van der Waals surface area contributed by atoms with Crippen molar-refractivity contribution in [2.24, 2.45) is 5.10 Å². The molecule has 0 radical (unpaired) electrons. The van der Waals surface area contributed by atoms with Crippen molar-refractivity contribution in [1.29, 1.82) is 0 Å². The van der Waals surface area contributed by atoms with E-state index in [1.54, 1.807) is 18.0 Å². The van der Waals surface area contributed by atoms with Crippen LogP contribution in [-0.2, 0) is 6.18 Å². The summed E-state index contributed by atoms with van der Waals surface area (Å²) in [6, 6.07) is 12.8. The van der Waals surface area contributed by atoms with Crippen LogP contribution in [0, 0.1) is 0 Å². The fourth-order valence-corrected chi connectivity index (χ4v) is 2.58. The van der Waals surface area contributed by atoms with Crippen LogP contribution in [0.25, 0.3) is 0 Å². The lowest BCUT2D eigenvalue weighted by Crippen LogP contribution is -2.05. The summed E-state index contributed by atoms with van der Waals surface area (Å²) >= 11 is 1.79. The number of benzene rings is 2. The van der Waals surface area contributed by atoms with E-state index in [9.17, 15) is 13.2 Å². The number of hydrogen-bond acceptors (Lipinski definition) is 3. The van der Waals surface area contributed by atoms with Gasteiger partial charge in [-0.3, -0.25) is 5.43 Å². The first-order chi connectivity index (χ1) is 11.0. The third-order valence-electron chi connectivity index (χ3n) is 2.95. The minimum Gasteiger partial charge on any atom is -0.278 e. The van der Waals surface area contributed by atoms with Crippen LogP contribution in [0.3, 0.4) is 0 Å². The molecule has 2 aromatic rings. The van der Waals surface area contributed by atoms with Crippen LogP contribution in [-0.4, -0.2) is 12.0 Å². The van der Waals surface area contributed by atoms with Gasteiger partial charge in [0.1, 0.15) is 0 Å². The van der Waals surface area contributed by atoms with Gasteiger partial charge in [0, 0.05) is 4.90 Å². The van der Waals surface area contributed by atoms with Gasteiger partial charge < -0.3 is 0 Å². The molecule has 0 saturated carbocycles. The molecule has 0 aliphatic carbocycles. The first kappa shape index (κ1) is 17.4. The van der Waals surface area contributed by atoms with E-state index in [-0.39, 0.29) is 0 Å². The van der Waals surface area contributed by atoms with Crippen molar-refractivity contribution < 1.29 is 13.2 Å². The number of halogens is 3. The highest BCUT2D eigenvalue weighted by Gasteiger charge is 2.30. The zero-order valence-corrected chi connectivity index (χ0v) is 13.4. The Labute approximate surface area is 137 Å². The number of hydrazone groups is 1. The maximum absolute atomic E-state index is 12.6. The lowest BCUT2D eigenvalue weighted by Gasteiger charge is -2.08. The second kappa shape index (κ2) is 8.06. The zero-order valence-electron chi connectivity index (χ0n) is 12.6. The number of rotatable bonds is 6. The zero-order chi connectivity index (χ0) is 16.7. The Morgan fingerprint density at radius 1 is 1.13 bits per heavy atom. The molecule has 0 aliphatic heterocycles. The van der Waals surface area contributed by atoms with Gasteiger partial charge in [-0.15, -0.1) is 11.8 Å². The average molecular weight is 338 g/mol. The van der Waals surface area contributed by atoms with Crippen LogP contribution in [0.2, 0.25) is 0 Å². The molecule has 0 spiro atoms. The normalized spacial score (nSPS) is 11.8. The number of nitrogens with zero attached hydrogens (tertiary/aromatic N) is 1. The summed E-state index contributed by atoms with van der Waals surface area (Å²) < 4.78 is 37.8. The lowest BCUT2D eigenvalue weighted by molar-refractivity contribution is -0.137. The van der Waals surface area contributed by atoms with Crippen molar-refractivity contribution in [2.75, 3.05) is 11.2 Å². The predicted octanol–water partition coefficient (Wildman–Crippen LogP) is 5.65. The van der Waals surface area contributed by atoms with E-state index < -0.39 is 11.7 Å². The van der Waals surface area contributed by atoms with Gasteiger partial charge in [0.15, 0.2) is 0 Å². The number of thioether (sulfide) groups is 1. The molecule has 0 saturated heterocycles. The molecule has 0 unspecified atom stereocenters. The first-order valence-corrected chi connectivity index (χ1v) is 8.17. The van der Waals surface area contributed by atoms with Crippen molar-refractivity contribution in [3.05, 3.63) is 59.7 Å². The smallest absolute Gasteiger partial charge is 0.278 e. The molecule has 23 heavy (non-hydrogen) atoms. The Morgan fingerprint density at radius 2 is 1.87 bits per heavy atom.